The Balaban J connectivity index is 2.15. The second-order valence-corrected chi connectivity index (χ2v) is 4.97. The van der Waals surface area contributed by atoms with Crippen LogP contribution in [0.25, 0.3) is 6.08 Å². The Morgan fingerprint density at radius 3 is 2.14 bits per heavy atom. The maximum absolute atomic E-state index is 12.6. The van der Waals surface area contributed by atoms with Gasteiger partial charge in [-0.3, -0.25) is 14.4 Å². The fourth-order valence-corrected chi connectivity index (χ4v) is 2.50. The van der Waals surface area contributed by atoms with Crippen molar-refractivity contribution < 1.29 is 19.1 Å². The van der Waals surface area contributed by atoms with Crippen LogP contribution in [0, 0.1) is 0 Å². The Kier molecular flexibility index (Phi) is 3.22. The first-order valence-electron chi connectivity index (χ1n) is 6.69. The molecule has 1 aliphatic rings. The largest absolute Gasteiger partial charge is 0.427 e. The van der Waals surface area contributed by atoms with E-state index in [1.54, 1.807) is 24.3 Å². The molecule has 0 unspecified atom stereocenters. The first kappa shape index (κ1) is 13.9. The topological polar surface area (TPSA) is 60.4 Å². The van der Waals surface area contributed by atoms with Crippen molar-refractivity contribution in [1.29, 1.82) is 0 Å². The van der Waals surface area contributed by atoms with Crippen molar-refractivity contribution in [2.75, 3.05) is 0 Å². The van der Waals surface area contributed by atoms with Gasteiger partial charge in [-0.05, 0) is 35.9 Å². The number of benzene rings is 2. The van der Waals surface area contributed by atoms with E-state index in [0.29, 0.717) is 16.7 Å². The summed E-state index contributed by atoms with van der Waals surface area (Å²) in [7, 11) is 0. The smallest absolute Gasteiger partial charge is 0.308 e. The van der Waals surface area contributed by atoms with Crippen molar-refractivity contribution in [2.45, 2.75) is 6.92 Å². The molecule has 0 heterocycles. The van der Waals surface area contributed by atoms with Crippen LogP contribution >= 0.6 is 0 Å². The Morgan fingerprint density at radius 1 is 0.955 bits per heavy atom. The van der Waals surface area contributed by atoms with Crippen molar-refractivity contribution in [2.24, 2.45) is 0 Å². The number of ether oxygens (including phenoxy) is 1. The predicted octanol–water partition coefficient (Wildman–Crippen LogP) is 3.03. The van der Waals surface area contributed by atoms with Crippen molar-refractivity contribution in [3.8, 4) is 5.75 Å². The number of carbonyl (C=O) groups is 3. The van der Waals surface area contributed by atoms with Gasteiger partial charge in [-0.1, -0.05) is 18.7 Å². The first-order chi connectivity index (χ1) is 10.5. The summed E-state index contributed by atoms with van der Waals surface area (Å²) in [6.45, 7) is 4.94. The summed E-state index contributed by atoms with van der Waals surface area (Å²) in [5.74, 6) is -0.707. The summed E-state index contributed by atoms with van der Waals surface area (Å²) in [5, 5.41) is 0. The van der Waals surface area contributed by atoms with Crippen LogP contribution in [0.5, 0.6) is 5.75 Å². The molecule has 108 valence electrons. The number of hydrogen-bond acceptors (Lipinski definition) is 4. The van der Waals surface area contributed by atoms with Crippen molar-refractivity contribution in [1.82, 2.24) is 0 Å². The van der Waals surface area contributed by atoms with Gasteiger partial charge >= 0.3 is 5.97 Å². The van der Waals surface area contributed by atoms with Gasteiger partial charge < -0.3 is 4.74 Å². The monoisotopic (exact) mass is 292 g/mol. The van der Waals surface area contributed by atoms with Crippen LogP contribution in [0.4, 0.5) is 0 Å². The van der Waals surface area contributed by atoms with Crippen molar-refractivity contribution >= 4 is 23.6 Å². The molecule has 0 spiro atoms. The number of carbonyl (C=O) groups excluding carboxylic acids is 3. The molecule has 2 aromatic carbocycles. The van der Waals surface area contributed by atoms with E-state index in [9.17, 15) is 14.4 Å². The minimum Gasteiger partial charge on any atom is -0.427 e. The van der Waals surface area contributed by atoms with Crippen molar-refractivity contribution in [3.63, 3.8) is 0 Å². The van der Waals surface area contributed by atoms with E-state index in [4.69, 9.17) is 4.74 Å². The lowest BCUT2D eigenvalue weighted by Crippen LogP contribution is -2.21. The molecule has 2 aromatic rings. The van der Waals surface area contributed by atoms with Crippen LogP contribution in [0.1, 0.15) is 44.3 Å². The predicted molar refractivity (Wildman–Crippen MR) is 81.1 cm³/mol. The molecule has 0 aromatic heterocycles. The van der Waals surface area contributed by atoms with Gasteiger partial charge in [0.25, 0.3) is 0 Å². The quantitative estimate of drug-likeness (QED) is 0.538. The summed E-state index contributed by atoms with van der Waals surface area (Å²) in [6, 6.07) is 9.46. The highest BCUT2D eigenvalue weighted by atomic mass is 16.5. The van der Waals surface area contributed by atoms with E-state index in [1.165, 1.54) is 25.1 Å². The molecule has 4 heteroatoms. The fraction of sp³-hybridized carbons (Fsp3) is 0.0556. The highest BCUT2D eigenvalue weighted by Gasteiger charge is 2.30. The molecule has 0 atom stereocenters. The third-order valence-electron chi connectivity index (χ3n) is 3.51. The van der Waals surface area contributed by atoms with E-state index < -0.39 is 5.97 Å². The van der Waals surface area contributed by atoms with Crippen LogP contribution in [0.2, 0.25) is 0 Å². The Bertz CT molecular complexity index is 846. The number of hydrogen-bond donors (Lipinski definition) is 0. The molecule has 0 N–H and O–H groups in total. The molecule has 4 nitrogen and oxygen atoms in total. The SMILES string of the molecule is C=Cc1ccc2c(c1)C(=O)c1ccc(OC(C)=O)cc1C2=O. The van der Waals surface area contributed by atoms with Gasteiger partial charge in [-0.25, -0.2) is 0 Å². The molecule has 22 heavy (non-hydrogen) atoms. The minimum atomic E-state index is -0.481. The van der Waals surface area contributed by atoms with E-state index >= 15 is 0 Å². The molecule has 1 aliphatic carbocycles. The Labute approximate surface area is 127 Å². The normalized spacial score (nSPS) is 12.4. The molecule has 0 radical (unpaired) electrons. The Morgan fingerprint density at radius 2 is 1.55 bits per heavy atom. The summed E-state index contributed by atoms with van der Waals surface area (Å²) >= 11 is 0. The Hall–Kier alpha value is -3.01. The molecule has 0 saturated carbocycles. The van der Waals surface area contributed by atoms with Gasteiger partial charge in [0, 0.05) is 29.2 Å². The summed E-state index contributed by atoms with van der Waals surface area (Å²) in [4.78, 5) is 36.1. The molecule has 0 amide bonds. The second kappa shape index (κ2) is 5.07. The minimum absolute atomic E-state index is 0.220. The molecule has 0 saturated heterocycles. The molecular weight excluding hydrogens is 280 g/mol. The maximum atomic E-state index is 12.6. The summed E-state index contributed by atoms with van der Waals surface area (Å²) in [6.07, 6.45) is 1.62. The van der Waals surface area contributed by atoms with Gasteiger partial charge in [0.05, 0.1) is 0 Å². The lowest BCUT2D eigenvalue weighted by atomic mass is 9.83. The van der Waals surface area contributed by atoms with Gasteiger partial charge in [-0.15, -0.1) is 0 Å². The standard InChI is InChI=1S/C18H12O4/c1-3-11-4-6-13-15(8-11)17(20)14-7-5-12(22-10(2)19)9-16(14)18(13)21/h3-9H,1H2,2H3. The van der Waals surface area contributed by atoms with E-state index in [-0.39, 0.29) is 22.9 Å². The molecule has 3 rings (SSSR count). The number of rotatable bonds is 2. The average Bonchev–Trinajstić information content (AvgIpc) is 2.51. The zero-order valence-electron chi connectivity index (χ0n) is 11.9. The van der Waals surface area contributed by atoms with E-state index in [0.717, 1.165) is 5.56 Å². The van der Waals surface area contributed by atoms with Gasteiger partial charge in [0.2, 0.25) is 0 Å². The maximum Gasteiger partial charge on any atom is 0.308 e. The zero-order valence-corrected chi connectivity index (χ0v) is 11.9. The summed E-state index contributed by atoms with van der Waals surface area (Å²) < 4.78 is 4.97. The lowest BCUT2D eigenvalue weighted by Gasteiger charge is -2.18. The summed E-state index contributed by atoms with van der Waals surface area (Å²) in [5.41, 5.74) is 2.07. The highest BCUT2D eigenvalue weighted by molar-refractivity contribution is 6.28. The molecule has 0 bridgehead atoms. The van der Waals surface area contributed by atoms with E-state index in [1.807, 2.05) is 0 Å². The van der Waals surface area contributed by atoms with Crippen LogP contribution in [0.15, 0.2) is 43.0 Å². The first-order valence-corrected chi connectivity index (χ1v) is 6.69. The van der Waals surface area contributed by atoms with Crippen LogP contribution < -0.4 is 4.74 Å². The lowest BCUT2D eigenvalue weighted by molar-refractivity contribution is -0.131. The molecule has 0 aliphatic heterocycles. The highest BCUT2D eigenvalue weighted by Crippen LogP contribution is 2.30. The van der Waals surface area contributed by atoms with Crippen LogP contribution in [-0.4, -0.2) is 17.5 Å². The fourth-order valence-electron chi connectivity index (χ4n) is 2.50. The van der Waals surface area contributed by atoms with Gasteiger partial charge in [0.15, 0.2) is 11.6 Å². The van der Waals surface area contributed by atoms with Crippen LogP contribution in [0.3, 0.4) is 0 Å². The third-order valence-corrected chi connectivity index (χ3v) is 3.51. The van der Waals surface area contributed by atoms with Crippen molar-refractivity contribution in [3.05, 3.63) is 70.8 Å². The zero-order chi connectivity index (χ0) is 15.9. The van der Waals surface area contributed by atoms with Gasteiger partial charge in [-0.2, -0.15) is 0 Å². The molecular formula is C18H12O4. The third kappa shape index (κ3) is 2.15. The van der Waals surface area contributed by atoms with Crippen LogP contribution in [-0.2, 0) is 4.79 Å². The number of ketones is 2. The number of fused-ring (bicyclic) bond motifs is 2. The molecule has 0 fully saturated rings. The van der Waals surface area contributed by atoms with E-state index in [2.05, 4.69) is 6.58 Å². The number of esters is 1. The average molecular weight is 292 g/mol. The van der Waals surface area contributed by atoms with Gasteiger partial charge in [0.1, 0.15) is 5.75 Å². The second-order valence-electron chi connectivity index (χ2n) is 4.97.